The van der Waals surface area contributed by atoms with Gasteiger partial charge in [-0.05, 0) is 55.3 Å². The molecule has 2 aromatic carbocycles. The van der Waals surface area contributed by atoms with E-state index in [0.29, 0.717) is 11.4 Å². The highest BCUT2D eigenvalue weighted by Crippen LogP contribution is 2.22. The maximum absolute atomic E-state index is 12.5. The number of nitrogens with one attached hydrogen (secondary N) is 2. The lowest BCUT2D eigenvalue weighted by Gasteiger charge is -2.13. The number of aryl methyl sites for hydroxylation is 1. The van der Waals surface area contributed by atoms with E-state index in [1.54, 1.807) is 24.3 Å². The molecule has 0 aliphatic rings. The van der Waals surface area contributed by atoms with E-state index >= 15 is 0 Å². The molecule has 2 rings (SSSR count). The lowest BCUT2D eigenvalue weighted by molar-refractivity contribution is -0.119. The molecule has 0 radical (unpaired) electrons. The van der Waals surface area contributed by atoms with Crippen LogP contribution in [-0.2, 0) is 14.6 Å². The summed E-state index contributed by atoms with van der Waals surface area (Å²) in [6.07, 6.45) is 1.85. The molecule has 0 saturated carbocycles. The van der Waals surface area contributed by atoms with E-state index in [-0.39, 0.29) is 22.3 Å². The van der Waals surface area contributed by atoms with Gasteiger partial charge in [0.05, 0.1) is 4.90 Å². The molecule has 27 heavy (non-hydrogen) atoms. The van der Waals surface area contributed by atoms with E-state index in [1.807, 2.05) is 20.8 Å². The van der Waals surface area contributed by atoms with Crippen LogP contribution in [0.25, 0.3) is 0 Å². The SMILES string of the molecule is CC[C@H](C)C(=O)Nc1ccc(NC(=O)c2cccc(S(C)(=O)=O)c2)c(C)c1. The van der Waals surface area contributed by atoms with Gasteiger partial charge in [0.2, 0.25) is 5.91 Å². The van der Waals surface area contributed by atoms with Gasteiger partial charge in [0.15, 0.2) is 9.84 Å². The van der Waals surface area contributed by atoms with E-state index in [2.05, 4.69) is 10.6 Å². The molecule has 0 aliphatic heterocycles. The Bertz CT molecular complexity index is 968. The number of hydrogen-bond acceptors (Lipinski definition) is 4. The summed E-state index contributed by atoms with van der Waals surface area (Å²) in [5.74, 6) is -0.530. The normalized spacial score (nSPS) is 12.3. The van der Waals surface area contributed by atoms with Gasteiger partial charge in [0.25, 0.3) is 5.91 Å². The quantitative estimate of drug-likeness (QED) is 0.790. The summed E-state index contributed by atoms with van der Waals surface area (Å²) in [7, 11) is -3.39. The van der Waals surface area contributed by atoms with Crippen molar-refractivity contribution in [2.75, 3.05) is 16.9 Å². The molecule has 0 spiro atoms. The largest absolute Gasteiger partial charge is 0.326 e. The molecule has 0 aliphatic carbocycles. The molecule has 2 aromatic rings. The summed E-state index contributed by atoms with van der Waals surface area (Å²) >= 11 is 0. The summed E-state index contributed by atoms with van der Waals surface area (Å²) in [5, 5.41) is 5.62. The maximum Gasteiger partial charge on any atom is 0.255 e. The first-order chi connectivity index (χ1) is 12.6. The van der Waals surface area contributed by atoms with Crippen molar-refractivity contribution in [1.29, 1.82) is 0 Å². The van der Waals surface area contributed by atoms with Crippen LogP contribution in [0.2, 0.25) is 0 Å². The van der Waals surface area contributed by atoms with E-state index in [0.717, 1.165) is 18.2 Å². The average Bonchev–Trinajstić information content (AvgIpc) is 2.62. The lowest BCUT2D eigenvalue weighted by Crippen LogP contribution is -2.19. The van der Waals surface area contributed by atoms with E-state index in [1.165, 1.54) is 18.2 Å². The van der Waals surface area contributed by atoms with Crippen molar-refractivity contribution in [3.63, 3.8) is 0 Å². The van der Waals surface area contributed by atoms with Crippen LogP contribution in [0, 0.1) is 12.8 Å². The summed E-state index contributed by atoms with van der Waals surface area (Å²) < 4.78 is 23.3. The molecule has 2 N–H and O–H groups in total. The number of hydrogen-bond donors (Lipinski definition) is 2. The van der Waals surface area contributed by atoms with Gasteiger partial charge in [-0.2, -0.15) is 0 Å². The van der Waals surface area contributed by atoms with Crippen molar-refractivity contribution < 1.29 is 18.0 Å². The van der Waals surface area contributed by atoms with Crippen molar-refractivity contribution in [3.8, 4) is 0 Å². The van der Waals surface area contributed by atoms with E-state index in [4.69, 9.17) is 0 Å². The highest BCUT2D eigenvalue weighted by molar-refractivity contribution is 7.90. The zero-order valence-electron chi connectivity index (χ0n) is 15.9. The third kappa shape index (κ3) is 5.40. The fourth-order valence-corrected chi connectivity index (χ4v) is 3.06. The fourth-order valence-electron chi connectivity index (χ4n) is 2.39. The Morgan fingerprint density at radius 3 is 2.37 bits per heavy atom. The Labute approximate surface area is 159 Å². The number of rotatable bonds is 6. The van der Waals surface area contributed by atoms with Crippen LogP contribution in [-0.4, -0.2) is 26.5 Å². The van der Waals surface area contributed by atoms with Crippen LogP contribution < -0.4 is 10.6 Å². The minimum absolute atomic E-state index is 0.0497. The summed E-state index contributed by atoms with van der Waals surface area (Å²) in [6, 6.07) is 11.1. The van der Waals surface area contributed by atoms with Crippen molar-refractivity contribution in [2.24, 2.45) is 5.92 Å². The molecule has 0 saturated heterocycles. The van der Waals surface area contributed by atoms with Crippen molar-refractivity contribution >= 4 is 33.0 Å². The third-order valence-electron chi connectivity index (χ3n) is 4.33. The maximum atomic E-state index is 12.5. The molecule has 0 heterocycles. The standard InChI is InChI=1S/C20H24N2O4S/c1-5-13(2)19(23)21-16-9-10-18(14(3)11-16)22-20(24)15-7-6-8-17(12-15)27(4,25)26/h6-13H,5H2,1-4H3,(H,21,23)(H,22,24)/t13-/m0/s1. The zero-order valence-corrected chi connectivity index (χ0v) is 16.7. The molecule has 1 atom stereocenters. The number of carbonyl (C=O) groups is 2. The fraction of sp³-hybridized carbons (Fsp3) is 0.300. The molecule has 0 fully saturated rings. The first-order valence-corrected chi connectivity index (χ1v) is 10.5. The number of anilines is 2. The molecule has 6 nitrogen and oxygen atoms in total. The lowest BCUT2D eigenvalue weighted by atomic mass is 10.1. The smallest absolute Gasteiger partial charge is 0.255 e. The highest BCUT2D eigenvalue weighted by atomic mass is 32.2. The topological polar surface area (TPSA) is 92.3 Å². The third-order valence-corrected chi connectivity index (χ3v) is 5.44. The van der Waals surface area contributed by atoms with Gasteiger partial charge < -0.3 is 10.6 Å². The van der Waals surface area contributed by atoms with Gasteiger partial charge >= 0.3 is 0 Å². The van der Waals surface area contributed by atoms with Gasteiger partial charge in [-0.3, -0.25) is 9.59 Å². The van der Waals surface area contributed by atoms with Crippen molar-refractivity contribution in [2.45, 2.75) is 32.1 Å². The van der Waals surface area contributed by atoms with Crippen LogP contribution >= 0.6 is 0 Å². The Morgan fingerprint density at radius 2 is 1.78 bits per heavy atom. The molecule has 0 bridgehead atoms. The van der Waals surface area contributed by atoms with Crippen LogP contribution in [0.4, 0.5) is 11.4 Å². The zero-order chi connectivity index (χ0) is 20.2. The first-order valence-electron chi connectivity index (χ1n) is 8.64. The Balaban J connectivity index is 2.16. The number of benzene rings is 2. The summed E-state index contributed by atoms with van der Waals surface area (Å²) in [4.78, 5) is 24.5. The number of sulfone groups is 1. The second-order valence-corrected chi connectivity index (χ2v) is 8.60. The second kappa shape index (κ2) is 8.35. The Hall–Kier alpha value is -2.67. The highest BCUT2D eigenvalue weighted by Gasteiger charge is 2.14. The molecule has 2 amide bonds. The molecule has 0 unspecified atom stereocenters. The molecule has 7 heteroatoms. The summed E-state index contributed by atoms with van der Waals surface area (Å²) in [6.45, 7) is 5.63. The van der Waals surface area contributed by atoms with Gasteiger partial charge in [-0.25, -0.2) is 8.42 Å². The van der Waals surface area contributed by atoms with Gasteiger partial charge in [0, 0.05) is 29.1 Å². The minimum atomic E-state index is -3.39. The summed E-state index contributed by atoms with van der Waals surface area (Å²) in [5.41, 5.74) is 2.29. The minimum Gasteiger partial charge on any atom is -0.326 e. The molecule has 0 aromatic heterocycles. The second-order valence-electron chi connectivity index (χ2n) is 6.58. The molecule has 144 valence electrons. The average molecular weight is 388 g/mol. The number of amides is 2. The van der Waals surface area contributed by atoms with Crippen molar-refractivity contribution in [1.82, 2.24) is 0 Å². The van der Waals surface area contributed by atoms with Gasteiger partial charge in [-0.1, -0.05) is 19.9 Å². The van der Waals surface area contributed by atoms with Gasteiger partial charge in [0.1, 0.15) is 0 Å². The van der Waals surface area contributed by atoms with E-state index in [9.17, 15) is 18.0 Å². The Morgan fingerprint density at radius 1 is 1.07 bits per heavy atom. The Kier molecular flexibility index (Phi) is 6.38. The van der Waals surface area contributed by atoms with Crippen LogP contribution in [0.3, 0.4) is 0 Å². The predicted octanol–water partition coefficient (Wildman–Crippen LogP) is 3.64. The van der Waals surface area contributed by atoms with Crippen LogP contribution in [0.1, 0.15) is 36.2 Å². The van der Waals surface area contributed by atoms with Gasteiger partial charge in [-0.15, -0.1) is 0 Å². The predicted molar refractivity (Wildman–Crippen MR) is 107 cm³/mol. The van der Waals surface area contributed by atoms with Crippen LogP contribution in [0.5, 0.6) is 0 Å². The van der Waals surface area contributed by atoms with Crippen LogP contribution in [0.15, 0.2) is 47.4 Å². The molecular formula is C20H24N2O4S. The molecular weight excluding hydrogens is 364 g/mol. The number of carbonyl (C=O) groups excluding carboxylic acids is 2. The monoisotopic (exact) mass is 388 g/mol. The first kappa shape index (κ1) is 20.6. The van der Waals surface area contributed by atoms with E-state index < -0.39 is 15.7 Å². The van der Waals surface area contributed by atoms with Crippen molar-refractivity contribution in [3.05, 3.63) is 53.6 Å².